The van der Waals surface area contributed by atoms with Crippen LogP contribution in [0.15, 0.2) is 12.1 Å². The Bertz CT molecular complexity index is 455. The summed E-state index contributed by atoms with van der Waals surface area (Å²) in [5, 5.41) is 2.94. The van der Waals surface area contributed by atoms with E-state index in [9.17, 15) is 4.79 Å². The lowest BCUT2D eigenvalue weighted by atomic mass is 9.82. The van der Waals surface area contributed by atoms with Crippen molar-refractivity contribution in [2.75, 3.05) is 5.32 Å². The van der Waals surface area contributed by atoms with E-state index in [1.165, 1.54) is 23.1 Å². The molecule has 1 aromatic carbocycles. The topological polar surface area (TPSA) is 29.1 Å². The largest absolute Gasteiger partial charge is 0.326 e. The Morgan fingerprint density at radius 2 is 1.82 bits per heavy atom. The van der Waals surface area contributed by atoms with E-state index in [0.717, 1.165) is 18.5 Å². The van der Waals surface area contributed by atoms with E-state index >= 15 is 0 Å². The summed E-state index contributed by atoms with van der Waals surface area (Å²) in [5.41, 5.74) is 5.44. The van der Waals surface area contributed by atoms with Gasteiger partial charge in [-0.1, -0.05) is 26.8 Å². The van der Waals surface area contributed by atoms with E-state index in [-0.39, 0.29) is 11.3 Å². The number of carbonyl (C=O) groups excluding carboxylic acids is 1. The van der Waals surface area contributed by atoms with Gasteiger partial charge in [-0.15, -0.1) is 0 Å². The quantitative estimate of drug-likeness (QED) is 0.788. The summed E-state index contributed by atoms with van der Waals surface area (Å²) >= 11 is 0. The van der Waals surface area contributed by atoms with Crippen molar-refractivity contribution in [3.8, 4) is 0 Å². The van der Waals surface area contributed by atoms with Crippen molar-refractivity contribution < 1.29 is 4.79 Å². The Hall–Kier alpha value is -1.31. The maximum atomic E-state index is 11.2. The van der Waals surface area contributed by atoms with E-state index in [4.69, 9.17) is 0 Å². The molecule has 0 spiro atoms. The van der Waals surface area contributed by atoms with Crippen molar-refractivity contribution in [2.45, 2.75) is 52.4 Å². The Morgan fingerprint density at radius 1 is 1.18 bits per heavy atom. The molecule has 2 nitrogen and oxygen atoms in total. The van der Waals surface area contributed by atoms with Gasteiger partial charge in [0.25, 0.3) is 0 Å². The van der Waals surface area contributed by atoms with Gasteiger partial charge < -0.3 is 5.32 Å². The predicted molar refractivity (Wildman–Crippen MR) is 71.5 cm³/mol. The molecule has 1 aromatic rings. The monoisotopic (exact) mass is 231 g/mol. The van der Waals surface area contributed by atoms with Gasteiger partial charge in [0, 0.05) is 12.6 Å². The third-order valence-corrected chi connectivity index (χ3v) is 3.40. The van der Waals surface area contributed by atoms with Crippen molar-refractivity contribution in [3.63, 3.8) is 0 Å². The minimum absolute atomic E-state index is 0.0163. The molecule has 1 amide bonds. The number of carbonyl (C=O) groups is 1. The molecular weight excluding hydrogens is 210 g/mol. The zero-order valence-corrected chi connectivity index (χ0v) is 11.2. The highest BCUT2D eigenvalue weighted by molar-refractivity contribution is 5.90. The Balaban J connectivity index is 2.49. The highest BCUT2D eigenvalue weighted by atomic mass is 16.1. The summed E-state index contributed by atoms with van der Waals surface area (Å²) in [7, 11) is 0. The molecule has 2 rings (SSSR count). The summed E-state index contributed by atoms with van der Waals surface area (Å²) in [6.45, 7) is 8.32. The molecule has 0 saturated heterocycles. The van der Waals surface area contributed by atoms with E-state index in [2.05, 4.69) is 38.2 Å². The normalized spacial score (nSPS) is 14.6. The fourth-order valence-electron chi connectivity index (χ4n) is 2.72. The highest BCUT2D eigenvalue weighted by Gasteiger charge is 2.24. The van der Waals surface area contributed by atoms with Gasteiger partial charge in [-0.3, -0.25) is 4.79 Å². The molecule has 0 aromatic heterocycles. The molecule has 17 heavy (non-hydrogen) atoms. The SMILES string of the molecule is CC(=O)Nc1ccc(C(C)(C)C)c2c1CCC2. The van der Waals surface area contributed by atoms with E-state index < -0.39 is 0 Å². The first-order chi connectivity index (χ1) is 7.89. The molecule has 0 radical (unpaired) electrons. The van der Waals surface area contributed by atoms with E-state index in [1.807, 2.05) is 0 Å². The molecule has 0 aliphatic heterocycles. The van der Waals surface area contributed by atoms with Crippen molar-refractivity contribution >= 4 is 11.6 Å². The van der Waals surface area contributed by atoms with E-state index in [0.29, 0.717) is 0 Å². The van der Waals surface area contributed by atoms with Gasteiger partial charge in [-0.05, 0) is 47.4 Å². The van der Waals surface area contributed by atoms with Crippen molar-refractivity contribution in [2.24, 2.45) is 0 Å². The minimum Gasteiger partial charge on any atom is -0.326 e. The van der Waals surface area contributed by atoms with Gasteiger partial charge in [0.05, 0.1) is 0 Å². The molecule has 1 aliphatic carbocycles. The summed E-state index contributed by atoms with van der Waals surface area (Å²) < 4.78 is 0. The fourth-order valence-corrected chi connectivity index (χ4v) is 2.72. The standard InChI is InChI=1S/C15H21NO/c1-10(17)16-14-9-8-13(15(2,3)4)11-6-5-7-12(11)14/h8-9H,5-7H2,1-4H3,(H,16,17). The van der Waals surface area contributed by atoms with Crippen LogP contribution in [0.1, 0.15) is 50.8 Å². The van der Waals surface area contributed by atoms with Gasteiger partial charge in [-0.25, -0.2) is 0 Å². The van der Waals surface area contributed by atoms with Crippen LogP contribution in [0.25, 0.3) is 0 Å². The lowest BCUT2D eigenvalue weighted by molar-refractivity contribution is -0.114. The third-order valence-electron chi connectivity index (χ3n) is 3.40. The minimum atomic E-state index is 0.0163. The lowest BCUT2D eigenvalue weighted by Gasteiger charge is -2.24. The number of hydrogen-bond donors (Lipinski definition) is 1. The second-order valence-electron chi connectivity index (χ2n) is 5.90. The molecule has 1 aliphatic rings. The molecule has 0 saturated carbocycles. The molecule has 0 bridgehead atoms. The highest BCUT2D eigenvalue weighted by Crippen LogP contribution is 2.37. The second kappa shape index (κ2) is 4.17. The Kier molecular flexibility index (Phi) is 2.98. The Morgan fingerprint density at radius 3 is 2.41 bits per heavy atom. The number of nitrogens with one attached hydrogen (secondary N) is 1. The van der Waals surface area contributed by atoms with Crippen LogP contribution in [-0.2, 0) is 23.1 Å². The van der Waals surface area contributed by atoms with Crippen LogP contribution in [0.3, 0.4) is 0 Å². The maximum absolute atomic E-state index is 11.2. The average molecular weight is 231 g/mol. The third kappa shape index (κ3) is 2.36. The first-order valence-electron chi connectivity index (χ1n) is 6.32. The van der Waals surface area contributed by atoms with Crippen LogP contribution in [0.5, 0.6) is 0 Å². The number of hydrogen-bond acceptors (Lipinski definition) is 1. The zero-order valence-electron chi connectivity index (χ0n) is 11.2. The second-order valence-corrected chi connectivity index (χ2v) is 5.90. The molecule has 0 heterocycles. The predicted octanol–water partition coefficient (Wildman–Crippen LogP) is 3.43. The van der Waals surface area contributed by atoms with Crippen LogP contribution < -0.4 is 5.32 Å². The van der Waals surface area contributed by atoms with Crippen LogP contribution in [-0.4, -0.2) is 5.91 Å². The molecule has 0 unspecified atom stereocenters. The van der Waals surface area contributed by atoms with E-state index in [1.54, 1.807) is 6.92 Å². The molecule has 92 valence electrons. The first-order valence-corrected chi connectivity index (χ1v) is 6.32. The molecule has 1 N–H and O–H groups in total. The lowest BCUT2D eigenvalue weighted by Crippen LogP contribution is -2.16. The van der Waals surface area contributed by atoms with Crippen molar-refractivity contribution in [1.82, 2.24) is 0 Å². The number of rotatable bonds is 1. The molecule has 0 atom stereocenters. The zero-order chi connectivity index (χ0) is 12.6. The fraction of sp³-hybridized carbons (Fsp3) is 0.533. The van der Waals surface area contributed by atoms with Crippen LogP contribution in [0.4, 0.5) is 5.69 Å². The number of amides is 1. The van der Waals surface area contributed by atoms with Gasteiger partial charge in [0.1, 0.15) is 0 Å². The van der Waals surface area contributed by atoms with Gasteiger partial charge in [0.2, 0.25) is 5.91 Å². The summed E-state index contributed by atoms with van der Waals surface area (Å²) in [4.78, 5) is 11.2. The maximum Gasteiger partial charge on any atom is 0.221 e. The molecular formula is C15H21NO. The smallest absolute Gasteiger partial charge is 0.221 e. The number of anilines is 1. The van der Waals surface area contributed by atoms with Crippen LogP contribution in [0.2, 0.25) is 0 Å². The average Bonchev–Trinajstić information content (AvgIpc) is 2.63. The van der Waals surface area contributed by atoms with Gasteiger partial charge in [0.15, 0.2) is 0 Å². The summed E-state index contributed by atoms with van der Waals surface area (Å²) in [6, 6.07) is 4.24. The van der Waals surface area contributed by atoms with Gasteiger partial charge in [-0.2, -0.15) is 0 Å². The van der Waals surface area contributed by atoms with Crippen LogP contribution >= 0.6 is 0 Å². The Labute approximate surface area is 103 Å². The summed E-state index contributed by atoms with van der Waals surface area (Å²) in [6.07, 6.45) is 3.44. The number of benzene rings is 1. The van der Waals surface area contributed by atoms with Gasteiger partial charge >= 0.3 is 0 Å². The van der Waals surface area contributed by atoms with Crippen molar-refractivity contribution in [1.29, 1.82) is 0 Å². The summed E-state index contributed by atoms with van der Waals surface area (Å²) in [5.74, 6) is 0.0163. The number of fused-ring (bicyclic) bond motifs is 1. The van der Waals surface area contributed by atoms with Crippen LogP contribution in [0, 0.1) is 0 Å². The van der Waals surface area contributed by atoms with Crippen molar-refractivity contribution in [3.05, 3.63) is 28.8 Å². The molecule has 2 heteroatoms. The molecule has 0 fully saturated rings. The first kappa shape index (κ1) is 12.2.